The summed E-state index contributed by atoms with van der Waals surface area (Å²) in [5.41, 5.74) is -1.27. The Morgan fingerprint density at radius 2 is 1.79 bits per heavy atom. The Hall–Kier alpha value is -4.63. The van der Waals surface area contributed by atoms with Crippen LogP contribution in [-0.2, 0) is 26.3 Å². The standard InChI is InChI=1S/C51H52N2O10/c1-52-23-30-21-36-41-29-14-17-48(36,47(44(30)57)16-15-32-10-9-31-8-6-28-19-33(55)11-12-35(28)49(31,32)47)63-45-43(62-51(60,39(56)22-29)50(41,45)59)46(58)61-42-38(24-54)53-37-13-7-27-18-25-4-2-3-5-26(25)20-34(27)40(37)42/h2-8,11-13,18-20,22,30-32,36,39,41,43-45,52-57,59-60H,9-10,14-17,21,23-24H2,1H3. The van der Waals surface area contributed by atoms with Gasteiger partial charge < -0.3 is 55.2 Å². The van der Waals surface area contributed by atoms with Gasteiger partial charge in [0.15, 0.2) is 17.5 Å². The molecule has 14 unspecified atom stereocenters. The van der Waals surface area contributed by atoms with Gasteiger partial charge in [0.1, 0.15) is 18.0 Å². The third-order valence-corrected chi connectivity index (χ3v) is 18.0. The van der Waals surface area contributed by atoms with E-state index in [4.69, 9.17) is 14.2 Å². The van der Waals surface area contributed by atoms with E-state index in [-0.39, 0.29) is 34.9 Å². The van der Waals surface area contributed by atoms with Gasteiger partial charge in [0.05, 0.1) is 34.9 Å². The molecule has 2 saturated heterocycles. The Kier molecular flexibility index (Phi) is 7.88. The summed E-state index contributed by atoms with van der Waals surface area (Å²) in [5, 5.41) is 80.5. The van der Waals surface area contributed by atoms with Gasteiger partial charge in [-0.05, 0) is 139 Å². The number of phenols is 1. The molecule has 2 bridgehead atoms. The van der Waals surface area contributed by atoms with Crippen molar-refractivity contribution in [2.24, 2.45) is 35.0 Å². The van der Waals surface area contributed by atoms with Crippen molar-refractivity contribution in [2.45, 2.75) is 98.4 Å². The van der Waals surface area contributed by atoms with E-state index in [0.717, 1.165) is 57.5 Å². The van der Waals surface area contributed by atoms with Gasteiger partial charge in [-0.15, -0.1) is 0 Å². The number of H-pyrrole nitrogens is 1. The number of aliphatic hydroxyl groups excluding tert-OH is 3. The summed E-state index contributed by atoms with van der Waals surface area (Å²) >= 11 is 0. The number of phenolic OH excluding ortho intramolecular Hbond substituents is 1. The van der Waals surface area contributed by atoms with Gasteiger partial charge >= 0.3 is 5.97 Å². The van der Waals surface area contributed by atoms with Crippen LogP contribution >= 0.6 is 0 Å². The second-order valence-corrected chi connectivity index (χ2v) is 20.1. The summed E-state index contributed by atoms with van der Waals surface area (Å²) in [4.78, 5) is 18.4. The number of benzene rings is 4. The van der Waals surface area contributed by atoms with E-state index in [1.165, 1.54) is 0 Å². The smallest absolute Gasteiger partial charge is 0.343 e. The molecular weight excluding hydrogens is 801 g/mol. The van der Waals surface area contributed by atoms with Crippen molar-refractivity contribution in [1.29, 1.82) is 0 Å². The number of hydrogen-bond donors (Lipinski definition) is 8. The Labute approximate surface area is 363 Å². The molecule has 0 amide bonds. The van der Waals surface area contributed by atoms with Crippen molar-refractivity contribution in [3.05, 3.63) is 101 Å². The summed E-state index contributed by atoms with van der Waals surface area (Å²) in [6.45, 7) is 0.0320. The van der Waals surface area contributed by atoms with Crippen LogP contribution in [-0.4, -0.2) is 96.6 Å². The van der Waals surface area contributed by atoms with E-state index in [1.54, 1.807) is 12.1 Å². The van der Waals surface area contributed by atoms with Crippen molar-refractivity contribution >= 4 is 44.5 Å². The lowest BCUT2D eigenvalue weighted by atomic mass is 9.36. The molecule has 4 saturated carbocycles. The number of nitrogens with one attached hydrogen (secondary N) is 2. The van der Waals surface area contributed by atoms with E-state index < -0.39 is 76.6 Å². The first-order valence-electron chi connectivity index (χ1n) is 22.8. The molecular formula is C51H52N2O10. The van der Waals surface area contributed by atoms with Gasteiger partial charge in [0, 0.05) is 23.3 Å². The lowest BCUT2D eigenvalue weighted by Crippen LogP contribution is -2.83. The van der Waals surface area contributed by atoms with Crippen LogP contribution in [0.2, 0.25) is 0 Å². The van der Waals surface area contributed by atoms with Gasteiger partial charge in [0.25, 0.3) is 0 Å². The van der Waals surface area contributed by atoms with Crippen LogP contribution in [0.4, 0.5) is 0 Å². The summed E-state index contributed by atoms with van der Waals surface area (Å²) in [6, 6.07) is 21.5. The largest absolute Gasteiger partial charge is 0.508 e. The zero-order chi connectivity index (χ0) is 43.0. The summed E-state index contributed by atoms with van der Waals surface area (Å²) in [5.74, 6) is -4.57. The molecule has 6 aliphatic carbocycles. The maximum Gasteiger partial charge on any atom is 0.343 e. The first-order chi connectivity index (χ1) is 30.4. The van der Waals surface area contributed by atoms with Gasteiger partial charge in [-0.2, -0.15) is 0 Å². The first-order valence-corrected chi connectivity index (χ1v) is 22.8. The van der Waals surface area contributed by atoms with Gasteiger partial charge in [-0.3, -0.25) is 0 Å². The van der Waals surface area contributed by atoms with Crippen LogP contribution in [0.5, 0.6) is 11.5 Å². The number of carbonyl (C=O) groups excluding carboxylic acids is 1. The van der Waals surface area contributed by atoms with E-state index in [1.807, 2.05) is 61.6 Å². The van der Waals surface area contributed by atoms with Crippen LogP contribution in [0.1, 0.15) is 61.8 Å². The van der Waals surface area contributed by atoms with Crippen LogP contribution in [0.25, 0.3) is 38.5 Å². The SMILES string of the molecule is CNCC1CC2C3C4=CC(O)C5(O)OC(C(=O)Oc6c(CO)[nH]c7ccc8cc9ccccc9cc8c67)C(OC2(CC4)C2(CCC4CCC6C=Cc7cc(O)ccc7C642)C1O)C35O. The number of hydrogen-bond acceptors (Lipinski definition) is 11. The molecule has 12 heteroatoms. The number of aromatic nitrogens is 1. The number of aromatic hydroxyl groups is 1. The molecule has 8 aliphatic rings. The van der Waals surface area contributed by atoms with E-state index in [2.05, 4.69) is 28.5 Å². The molecule has 6 fully saturated rings. The van der Waals surface area contributed by atoms with Gasteiger partial charge in [0.2, 0.25) is 5.79 Å². The quantitative estimate of drug-likeness (QED) is 0.0656. The molecule has 12 nitrogen and oxygen atoms in total. The third kappa shape index (κ3) is 4.38. The Bertz CT molecular complexity index is 2870. The molecule has 2 aliphatic heterocycles. The number of allylic oxidation sites excluding steroid dienone is 1. The number of aliphatic hydroxyl groups is 5. The van der Waals surface area contributed by atoms with Crippen LogP contribution in [0, 0.1) is 35.0 Å². The summed E-state index contributed by atoms with van der Waals surface area (Å²) in [6.07, 6.45) is 4.91. The molecule has 5 aromatic rings. The minimum absolute atomic E-state index is 0.0535. The molecule has 13 rings (SSSR count). The Balaban J connectivity index is 0.997. The van der Waals surface area contributed by atoms with Crippen LogP contribution in [0.3, 0.4) is 0 Å². The zero-order valence-electron chi connectivity index (χ0n) is 35.0. The fourth-order valence-electron chi connectivity index (χ4n) is 16.1. The topological polar surface area (TPSA) is 194 Å². The lowest BCUT2D eigenvalue weighted by molar-refractivity contribution is -0.387. The summed E-state index contributed by atoms with van der Waals surface area (Å²) < 4.78 is 20.5. The molecule has 326 valence electrons. The second kappa shape index (κ2) is 12.8. The Morgan fingerprint density at radius 3 is 2.60 bits per heavy atom. The lowest BCUT2D eigenvalue weighted by Gasteiger charge is -2.74. The van der Waals surface area contributed by atoms with Crippen LogP contribution < -0.4 is 10.1 Å². The number of fused-ring (bicyclic) bond motifs is 5. The number of carbonyl (C=O) groups is 1. The molecule has 8 N–H and O–H groups in total. The van der Waals surface area contributed by atoms with Crippen molar-refractivity contribution in [2.75, 3.05) is 13.6 Å². The van der Waals surface area contributed by atoms with E-state index in [9.17, 15) is 30.6 Å². The highest BCUT2D eigenvalue weighted by Crippen LogP contribution is 2.81. The van der Waals surface area contributed by atoms with Crippen molar-refractivity contribution in [3.8, 4) is 11.5 Å². The normalized spacial score (nSPS) is 41.4. The number of aromatic amines is 1. The number of rotatable bonds is 5. The average Bonchev–Trinajstić information content (AvgIpc) is 4.00. The van der Waals surface area contributed by atoms with E-state index in [0.29, 0.717) is 43.1 Å². The maximum atomic E-state index is 15.2. The third-order valence-electron chi connectivity index (χ3n) is 18.0. The minimum Gasteiger partial charge on any atom is -0.508 e. The first kappa shape index (κ1) is 38.8. The zero-order valence-corrected chi connectivity index (χ0v) is 35.0. The van der Waals surface area contributed by atoms with Crippen molar-refractivity contribution in [1.82, 2.24) is 10.3 Å². The Morgan fingerprint density at radius 1 is 0.968 bits per heavy atom. The second-order valence-electron chi connectivity index (χ2n) is 20.1. The average molecular weight is 853 g/mol. The highest BCUT2D eigenvalue weighted by Gasteiger charge is 2.87. The monoisotopic (exact) mass is 852 g/mol. The highest BCUT2D eigenvalue weighted by atomic mass is 16.7. The van der Waals surface area contributed by atoms with Crippen LogP contribution in [0.15, 0.2) is 84.5 Å². The molecule has 14 atom stereocenters. The minimum atomic E-state index is -2.64. The fraction of sp³-hybridized carbons (Fsp3) is 0.471. The predicted octanol–water partition coefficient (Wildman–Crippen LogP) is 5.23. The van der Waals surface area contributed by atoms with Crippen molar-refractivity contribution in [3.63, 3.8) is 0 Å². The maximum absolute atomic E-state index is 15.2. The molecule has 4 aromatic carbocycles. The molecule has 3 heterocycles. The molecule has 0 radical (unpaired) electrons. The predicted molar refractivity (Wildman–Crippen MR) is 232 cm³/mol. The van der Waals surface area contributed by atoms with Crippen molar-refractivity contribution < 1.29 is 49.6 Å². The van der Waals surface area contributed by atoms with Gasteiger partial charge in [-0.1, -0.05) is 60.2 Å². The van der Waals surface area contributed by atoms with E-state index >= 15 is 4.79 Å². The number of ether oxygens (including phenoxy) is 3. The molecule has 1 aromatic heterocycles. The van der Waals surface area contributed by atoms with Gasteiger partial charge in [-0.25, -0.2) is 4.79 Å². The number of esters is 1. The highest BCUT2D eigenvalue weighted by molar-refractivity contribution is 6.14. The summed E-state index contributed by atoms with van der Waals surface area (Å²) in [7, 11) is 1.88. The molecule has 63 heavy (non-hydrogen) atoms. The fourth-order valence-corrected chi connectivity index (χ4v) is 16.1. The molecule has 2 spiro atoms.